The first-order valence-electron chi connectivity index (χ1n) is 5.97. The van der Waals surface area contributed by atoms with E-state index < -0.39 is 11.5 Å². The monoisotopic (exact) mass is 263 g/mol. The first-order chi connectivity index (χ1) is 9.04. The van der Waals surface area contributed by atoms with Gasteiger partial charge in [-0.15, -0.1) is 0 Å². The van der Waals surface area contributed by atoms with Gasteiger partial charge in [0.05, 0.1) is 24.4 Å². The SMILES string of the molecule is COC(=O)c1c(O)c2c([nH]c1=O)c(C)nn2C1CC1. The van der Waals surface area contributed by atoms with Crippen LogP contribution in [-0.2, 0) is 4.74 Å². The summed E-state index contributed by atoms with van der Waals surface area (Å²) < 4.78 is 6.19. The highest BCUT2D eigenvalue weighted by Crippen LogP contribution is 2.39. The van der Waals surface area contributed by atoms with Gasteiger partial charge in [-0.2, -0.15) is 5.10 Å². The fourth-order valence-electron chi connectivity index (χ4n) is 2.20. The van der Waals surface area contributed by atoms with Gasteiger partial charge in [0.2, 0.25) is 0 Å². The highest BCUT2D eigenvalue weighted by atomic mass is 16.5. The largest absolute Gasteiger partial charge is 0.505 e. The Labute approximate surface area is 107 Å². The average molecular weight is 263 g/mol. The summed E-state index contributed by atoms with van der Waals surface area (Å²) in [4.78, 5) is 26.0. The van der Waals surface area contributed by atoms with Crippen LogP contribution in [0.25, 0.3) is 11.0 Å². The van der Waals surface area contributed by atoms with Gasteiger partial charge in [-0.1, -0.05) is 0 Å². The maximum absolute atomic E-state index is 11.8. The van der Waals surface area contributed by atoms with Crippen LogP contribution < -0.4 is 5.56 Å². The van der Waals surface area contributed by atoms with Crippen LogP contribution in [0.2, 0.25) is 0 Å². The van der Waals surface area contributed by atoms with Crippen molar-refractivity contribution >= 4 is 17.0 Å². The van der Waals surface area contributed by atoms with Gasteiger partial charge in [0.1, 0.15) is 5.52 Å². The minimum absolute atomic E-state index is 0.221. The third-order valence-corrected chi connectivity index (χ3v) is 3.29. The van der Waals surface area contributed by atoms with Gasteiger partial charge in [-0.05, 0) is 19.8 Å². The van der Waals surface area contributed by atoms with E-state index in [1.165, 1.54) is 0 Å². The highest BCUT2D eigenvalue weighted by Gasteiger charge is 2.31. The van der Waals surface area contributed by atoms with E-state index in [2.05, 4.69) is 14.8 Å². The van der Waals surface area contributed by atoms with Crippen LogP contribution in [0.3, 0.4) is 0 Å². The van der Waals surface area contributed by atoms with E-state index in [-0.39, 0.29) is 17.4 Å². The van der Waals surface area contributed by atoms with Crippen molar-refractivity contribution in [1.29, 1.82) is 0 Å². The number of hydrogen-bond donors (Lipinski definition) is 2. The van der Waals surface area contributed by atoms with Crippen molar-refractivity contribution in [1.82, 2.24) is 14.8 Å². The molecule has 2 N–H and O–H groups in total. The number of fused-ring (bicyclic) bond motifs is 1. The van der Waals surface area contributed by atoms with Gasteiger partial charge in [-0.3, -0.25) is 9.48 Å². The molecule has 1 fully saturated rings. The number of rotatable bonds is 2. The zero-order valence-electron chi connectivity index (χ0n) is 10.6. The van der Waals surface area contributed by atoms with E-state index in [4.69, 9.17) is 0 Å². The van der Waals surface area contributed by atoms with Gasteiger partial charge in [-0.25, -0.2) is 4.79 Å². The molecule has 7 heteroatoms. The Balaban J connectivity index is 2.38. The molecule has 0 saturated heterocycles. The summed E-state index contributed by atoms with van der Waals surface area (Å²) in [5, 5.41) is 14.5. The van der Waals surface area contributed by atoms with Crippen molar-refractivity contribution in [3.63, 3.8) is 0 Å². The molecule has 19 heavy (non-hydrogen) atoms. The smallest absolute Gasteiger partial charge is 0.347 e. The Morgan fingerprint density at radius 3 is 2.79 bits per heavy atom. The number of hydrogen-bond acceptors (Lipinski definition) is 5. The Kier molecular flexibility index (Phi) is 2.38. The maximum atomic E-state index is 11.8. The molecule has 0 aromatic carbocycles. The second kappa shape index (κ2) is 3.84. The number of aromatic hydroxyl groups is 1. The van der Waals surface area contributed by atoms with Crippen LogP contribution >= 0.6 is 0 Å². The molecule has 3 rings (SSSR count). The summed E-state index contributed by atoms with van der Waals surface area (Å²) >= 11 is 0. The molecule has 2 heterocycles. The lowest BCUT2D eigenvalue weighted by Crippen LogP contribution is -2.19. The van der Waals surface area contributed by atoms with Crippen LogP contribution in [0.15, 0.2) is 4.79 Å². The van der Waals surface area contributed by atoms with Gasteiger partial charge < -0.3 is 14.8 Å². The fourth-order valence-corrected chi connectivity index (χ4v) is 2.20. The van der Waals surface area contributed by atoms with E-state index in [1.807, 2.05) is 0 Å². The zero-order valence-corrected chi connectivity index (χ0v) is 10.6. The number of carbonyl (C=O) groups excluding carboxylic acids is 1. The number of esters is 1. The van der Waals surface area contributed by atoms with Gasteiger partial charge in [0.15, 0.2) is 11.3 Å². The Morgan fingerprint density at radius 1 is 1.53 bits per heavy atom. The molecule has 0 spiro atoms. The Hall–Kier alpha value is -2.31. The predicted molar refractivity (Wildman–Crippen MR) is 66.4 cm³/mol. The molecule has 100 valence electrons. The molecular formula is C12H13N3O4. The Morgan fingerprint density at radius 2 is 2.21 bits per heavy atom. The lowest BCUT2D eigenvalue weighted by atomic mass is 10.2. The summed E-state index contributed by atoms with van der Waals surface area (Å²) in [6.07, 6.45) is 1.95. The number of nitrogens with one attached hydrogen (secondary N) is 1. The van der Waals surface area contributed by atoms with Crippen LogP contribution in [0.4, 0.5) is 0 Å². The van der Waals surface area contributed by atoms with Crippen molar-refractivity contribution in [3.05, 3.63) is 21.6 Å². The molecule has 0 unspecified atom stereocenters. The number of aromatic nitrogens is 3. The third kappa shape index (κ3) is 1.61. The number of aromatic amines is 1. The summed E-state index contributed by atoms with van der Waals surface area (Å²) in [7, 11) is 1.16. The number of nitrogens with zero attached hydrogens (tertiary/aromatic N) is 2. The number of carbonyl (C=O) groups is 1. The summed E-state index contributed by atoms with van der Waals surface area (Å²) in [6.45, 7) is 1.74. The lowest BCUT2D eigenvalue weighted by molar-refractivity contribution is 0.0595. The summed E-state index contributed by atoms with van der Waals surface area (Å²) in [6, 6.07) is 0.221. The molecule has 2 aromatic rings. The molecular weight excluding hydrogens is 250 g/mol. The third-order valence-electron chi connectivity index (χ3n) is 3.29. The number of aryl methyl sites for hydroxylation is 1. The predicted octanol–water partition coefficient (Wildman–Crippen LogP) is 0.860. The molecule has 0 amide bonds. The average Bonchev–Trinajstić information content (AvgIpc) is 3.15. The van der Waals surface area contributed by atoms with Gasteiger partial charge in [0, 0.05) is 0 Å². The minimum Gasteiger partial charge on any atom is -0.505 e. The van der Waals surface area contributed by atoms with Crippen molar-refractivity contribution in [2.24, 2.45) is 0 Å². The first kappa shape index (κ1) is 11.8. The number of H-pyrrole nitrogens is 1. The normalized spacial score (nSPS) is 14.8. The summed E-state index contributed by atoms with van der Waals surface area (Å²) in [5.74, 6) is -1.22. The molecule has 1 aliphatic carbocycles. The number of methoxy groups -OCH3 is 1. The standard InChI is InChI=1S/C12H13N3O4/c1-5-8-9(15(14-5)6-3-4-6)10(16)7(11(17)13-8)12(18)19-2/h6H,3-4H2,1-2H3,(H2,13,16,17). The van der Waals surface area contributed by atoms with Gasteiger partial charge in [0.25, 0.3) is 5.56 Å². The van der Waals surface area contributed by atoms with Crippen molar-refractivity contribution in [2.45, 2.75) is 25.8 Å². The zero-order chi connectivity index (χ0) is 13.7. The van der Waals surface area contributed by atoms with Crippen LogP contribution in [0.5, 0.6) is 5.75 Å². The van der Waals surface area contributed by atoms with Crippen molar-refractivity contribution in [3.8, 4) is 5.75 Å². The molecule has 0 aliphatic heterocycles. The lowest BCUT2D eigenvalue weighted by Gasteiger charge is -2.05. The minimum atomic E-state index is -0.859. The van der Waals surface area contributed by atoms with E-state index in [9.17, 15) is 14.7 Å². The molecule has 0 atom stereocenters. The van der Waals surface area contributed by atoms with E-state index in [0.717, 1.165) is 20.0 Å². The van der Waals surface area contributed by atoms with E-state index in [1.54, 1.807) is 11.6 Å². The second-order valence-electron chi connectivity index (χ2n) is 4.65. The number of ether oxygens (including phenoxy) is 1. The fraction of sp³-hybridized carbons (Fsp3) is 0.417. The quantitative estimate of drug-likeness (QED) is 0.783. The highest BCUT2D eigenvalue weighted by molar-refractivity contribution is 5.98. The van der Waals surface area contributed by atoms with Crippen LogP contribution in [0, 0.1) is 6.92 Å². The molecule has 1 aliphatic rings. The van der Waals surface area contributed by atoms with Gasteiger partial charge >= 0.3 is 5.97 Å². The second-order valence-corrected chi connectivity index (χ2v) is 4.65. The van der Waals surface area contributed by atoms with Crippen molar-refractivity contribution in [2.75, 3.05) is 7.11 Å². The van der Waals surface area contributed by atoms with Crippen LogP contribution in [-0.4, -0.2) is 33.0 Å². The number of pyridine rings is 1. The molecule has 0 radical (unpaired) electrons. The summed E-state index contributed by atoms with van der Waals surface area (Å²) in [5.41, 5.74) is 0.417. The van der Waals surface area contributed by atoms with E-state index in [0.29, 0.717) is 16.7 Å². The topological polar surface area (TPSA) is 97.2 Å². The molecule has 7 nitrogen and oxygen atoms in total. The first-order valence-corrected chi connectivity index (χ1v) is 5.97. The van der Waals surface area contributed by atoms with E-state index >= 15 is 0 Å². The molecule has 1 saturated carbocycles. The molecule has 2 aromatic heterocycles. The molecule has 0 bridgehead atoms. The Bertz CT molecular complexity index is 739. The van der Waals surface area contributed by atoms with Crippen molar-refractivity contribution < 1.29 is 14.6 Å². The van der Waals surface area contributed by atoms with Crippen LogP contribution in [0.1, 0.15) is 34.9 Å². The maximum Gasteiger partial charge on any atom is 0.347 e.